The number of amides is 2. The molecule has 0 aliphatic carbocycles. The van der Waals surface area contributed by atoms with Crippen molar-refractivity contribution in [2.24, 2.45) is 5.92 Å². The highest BCUT2D eigenvalue weighted by molar-refractivity contribution is 5.93. The van der Waals surface area contributed by atoms with E-state index in [2.05, 4.69) is 5.32 Å². The minimum absolute atomic E-state index is 0.0145. The smallest absolute Gasteiger partial charge is 0.251 e. The molecule has 1 aliphatic rings. The fraction of sp³-hybridized carbons (Fsp3) is 0.529. The first-order valence-corrected chi connectivity index (χ1v) is 7.70. The molecule has 22 heavy (non-hydrogen) atoms. The van der Waals surface area contributed by atoms with Crippen LogP contribution in [0.3, 0.4) is 0 Å². The van der Waals surface area contributed by atoms with Crippen molar-refractivity contribution < 1.29 is 14.3 Å². The van der Waals surface area contributed by atoms with Gasteiger partial charge < -0.3 is 15.0 Å². The summed E-state index contributed by atoms with van der Waals surface area (Å²) in [6, 6.07) is 7.32. The number of nitrogens with zero attached hydrogens (tertiary/aromatic N) is 1. The van der Waals surface area contributed by atoms with Crippen LogP contribution in [0.2, 0.25) is 0 Å². The van der Waals surface area contributed by atoms with Crippen LogP contribution in [-0.4, -0.2) is 43.5 Å². The Morgan fingerprint density at radius 3 is 2.59 bits per heavy atom. The van der Waals surface area contributed by atoms with Gasteiger partial charge in [0.05, 0.1) is 12.0 Å². The van der Waals surface area contributed by atoms with Crippen LogP contribution >= 0.6 is 0 Å². The molecule has 0 bridgehead atoms. The van der Waals surface area contributed by atoms with Gasteiger partial charge in [-0.1, -0.05) is 12.1 Å². The average molecular weight is 304 g/mol. The molecule has 120 valence electrons. The Kier molecular flexibility index (Phi) is 5.55. The monoisotopic (exact) mass is 304 g/mol. The summed E-state index contributed by atoms with van der Waals surface area (Å²) in [5, 5.41) is 2.59. The molecule has 1 aliphatic heterocycles. The van der Waals surface area contributed by atoms with Gasteiger partial charge in [0.2, 0.25) is 5.91 Å². The third kappa shape index (κ3) is 3.85. The van der Waals surface area contributed by atoms with Crippen molar-refractivity contribution in [2.75, 3.05) is 20.7 Å². The number of carbonyl (C=O) groups excluding carboxylic acids is 2. The van der Waals surface area contributed by atoms with Crippen molar-refractivity contribution in [3.63, 3.8) is 0 Å². The summed E-state index contributed by atoms with van der Waals surface area (Å²) in [5.41, 5.74) is 1.63. The number of carbonyl (C=O) groups is 2. The van der Waals surface area contributed by atoms with Crippen LogP contribution in [0.15, 0.2) is 24.3 Å². The number of nitrogens with one attached hydrogen (secondary N) is 1. The second-order valence-corrected chi connectivity index (χ2v) is 5.79. The normalized spacial score (nSPS) is 21.2. The van der Waals surface area contributed by atoms with E-state index in [4.69, 9.17) is 4.74 Å². The molecule has 0 radical (unpaired) electrons. The molecule has 5 nitrogen and oxygen atoms in total. The summed E-state index contributed by atoms with van der Waals surface area (Å²) in [7, 11) is 3.42. The van der Waals surface area contributed by atoms with E-state index in [0.29, 0.717) is 12.1 Å². The first-order valence-electron chi connectivity index (χ1n) is 7.70. The maximum absolute atomic E-state index is 12.5. The minimum Gasteiger partial charge on any atom is -0.378 e. The highest BCUT2D eigenvalue weighted by Crippen LogP contribution is 2.23. The van der Waals surface area contributed by atoms with Crippen molar-refractivity contribution in [1.29, 1.82) is 0 Å². The van der Waals surface area contributed by atoms with Crippen molar-refractivity contribution in [2.45, 2.75) is 32.4 Å². The highest BCUT2D eigenvalue weighted by atomic mass is 16.5. The summed E-state index contributed by atoms with van der Waals surface area (Å²) < 4.78 is 5.57. The molecule has 1 fully saturated rings. The Labute approximate surface area is 131 Å². The molecule has 2 atom stereocenters. The van der Waals surface area contributed by atoms with Crippen LogP contribution < -0.4 is 5.32 Å². The second-order valence-electron chi connectivity index (χ2n) is 5.79. The quantitative estimate of drug-likeness (QED) is 0.923. The maximum Gasteiger partial charge on any atom is 0.251 e. The SMILES string of the molecule is CNC(=O)c1ccc(CN(C)C(=O)[C@@H]2CCCO[C@H]2C)cc1. The molecular formula is C17H24N2O3. The van der Waals surface area contributed by atoms with Crippen molar-refractivity contribution >= 4 is 11.8 Å². The molecule has 2 rings (SSSR count). The van der Waals surface area contributed by atoms with Crippen molar-refractivity contribution in [1.82, 2.24) is 10.2 Å². The van der Waals surface area contributed by atoms with Gasteiger partial charge in [-0.15, -0.1) is 0 Å². The third-order valence-corrected chi connectivity index (χ3v) is 4.16. The molecule has 5 heteroatoms. The minimum atomic E-state index is -0.107. The molecular weight excluding hydrogens is 280 g/mol. The lowest BCUT2D eigenvalue weighted by Gasteiger charge is -2.31. The third-order valence-electron chi connectivity index (χ3n) is 4.16. The zero-order chi connectivity index (χ0) is 16.1. The van der Waals surface area contributed by atoms with E-state index < -0.39 is 0 Å². The van der Waals surface area contributed by atoms with Gasteiger partial charge in [0, 0.05) is 32.8 Å². The van der Waals surface area contributed by atoms with E-state index in [1.165, 1.54) is 0 Å². The van der Waals surface area contributed by atoms with E-state index in [-0.39, 0.29) is 23.8 Å². The summed E-state index contributed by atoms with van der Waals surface area (Å²) in [4.78, 5) is 25.8. The Balaban J connectivity index is 1.97. The highest BCUT2D eigenvalue weighted by Gasteiger charge is 2.30. The molecule has 2 amide bonds. The van der Waals surface area contributed by atoms with Gasteiger partial charge in [-0.3, -0.25) is 9.59 Å². The maximum atomic E-state index is 12.5. The molecule has 0 aromatic heterocycles. The van der Waals surface area contributed by atoms with E-state index in [9.17, 15) is 9.59 Å². The predicted molar refractivity (Wildman–Crippen MR) is 84.4 cm³/mol. The summed E-state index contributed by atoms with van der Waals surface area (Å²) in [6.07, 6.45) is 1.81. The summed E-state index contributed by atoms with van der Waals surface area (Å²) >= 11 is 0. The van der Waals surface area contributed by atoms with Crippen LogP contribution in [0.1, 0.15) is 35.7 Å². The Bertz CT molecular complexity index is 527. The molecule has 1 aromatic carbocycles. The van der Waals surface area contributed by atoms with Gasteiger partial charge in [-0.05, 0) is 37.5 Å². The van der Waals surface area contributed by atoms with E-state index in [1.807, 2.05) is 26.1 Å². The number of hydrogen-bond donors (Lipinski definition) is 1. The molecule has 1 saturated heterocycles. The van der Waals surface area contributed by atoms with Crippen LogP contribution in [0, 0.1) is 5.92 Å². The topological polar surface area (TPSA) is 58.6 Å². The second kappa shape index (κ2) is 7.40. The van der Waals surface area contributed by atoms with Gasteiger partial charge in [-0.25, -0.2) is 0 Å². The number of ether oxygens (including phenoxy) is 1. The number of benzene rings is 1. The molecule has 0 saturated carbocycles. The van der Waals surface area contributed by atoms with Gasteiger partial charge in [0.15, 0.2) is 0 Å². The zero-order valence-corrected chi connectivity index (χ0v) is 13.5. The Morgan fingerprint density at radius 1 is 1.32 bits per heavy atom. The average Bonchev–Trinajstić information content (AvgIpc) is 2.54. The predicted octanol–water partition coefficient (Wildman–Crippen LogP) is 1.82. The molecule has 0 unspecified atom stereocenters. The largest absolute Gasteiger partial charge is 0.378 e. The lowest BCUT2D eigenvalue weighted by Crippen LogP contribution is -2.40. The van der Waals surface area contributed by atoms with Gasteiger partial charge in [0.1, 0.15) is 0 Å². The molecule has 1 heterocycles. The van der Waals surface area contributed by atoms with Crippen LogP contribution in [0.4, 0.5) is 0 Å². The molecule has 1 N–H and O–H groups in total. The number of hydrogen-bond acceptors (Lipinski definition) is 3. The van der Waals surface area contributed by atoms with Gasteiger partial charge in [-0.2, -0.15) is 0 Å². The first-order chi connectivity index (χ1) is 10.5. The molecule has 1 aromatic rings. The van der Waals surface area contributed by atoms with Crippen molar-refractivity contribution in [3.05, 3.63) is 35.4 Å². The standard InChI is InChI=1S/C17H24N2O3/c1-12-15(5-4-10-22-12)17(21)19(3)11-13-6-8-14(9-7-13)16(20)18-2/h6-9,12,15H,4-5,10-11H2,1-3H3,(H,18,20)/t12-,15+/m0/s1. The van der Waals surface area contributed by atoms with E-state index in [0.717, 1.165) is 25.0 Å². The fourth-order valence-electron chi connectivity index (χ4n) is 2.79. The molecule has 0 spiro atoms. The summed E-state index contributed by atoms with van der Waals surface area (Å²) in [6.45, 7) is 3.25. The lowest BCUT2D eigenvalue weighted by atomic mass is 9.94. The van der Waals surface area contributed by atoms with Crippen molar-refractivity contribution in [3.8, 4) is 0 Å². The van der Waals surface area contributed by atoms with Gasteiger partial charge >= 0.3 is 0 Å². The fourth-order valence-corrected chi connectivity index (χ4v) is 2.79. The van der Waals surface area contributed by atoms with Crippen LogP contribution in [-0.2, 0) is 16.1 Å². The zero-order valence-electron chi connectivity index (χ0n) is 13.5. The van der Waals surface area contributed by atoms with Gasteiger partial charge in [0.25, 0.3) is 5.91 Å². The summed E-state index contributed by atoms with van der Waals surface area (Å²) in [5.74, 6) is -0.0318. The number of rotatable bonds is 4. The van der Waals surface area contributed by atoms with Crippen LogP contribution in [0.25, 0.3) is 0 Å². The lowest BCUT2D eigenvalue weighted by molar-refractivity contribution is -0.143. The van der Waals surface area contributed by atoms with Crippen LogP contribution in [0.5, 0.6) is 0 Å². The van der Waals surface area contributed by atoms with E-state index in [1.54, 1.807) is 24.1 Å². The Morgan fingerprint density at radius 2 is 2.00 bits per heavy atom. The first kappa shape index (κ1) is 16.5. The Hall–Kier alpha value is -1.88. The van der Waals surface area contributed by atoms with E-state index >= 15 is 0 Å².